The van der Waals surface area contributed by atoms with Gasteiger partial charge in [0.25, 0.3) is 0 Å². The Balaban J connectivity index is 2.43. The molecule has 1 aromatic rings. The maximum absolute atomic E-state index is 5.39. The Labute approximate surface area is 67.8 Å². The van der Waals surface area contributed by atoms with E-state index in [1.165, 1.54) is 4.46 Å². The molecular formula is C8H11NSe. The van der Waals surface area contributed by atoms with Crippen molar-refractivity contribution in [2.75, 3.05) is 6.54 Å². The third-order valence-electron chi connectivity index (χ3n) is 1.13. The first kappa shape index (κ1) is 7.80. The van der Waals surface area contributed by atoms with Gasteiger partial charge in [-0.05, 0) is 0 Å². The van der Waals surface area contributed by atoms with E-state index in [1.807, 2.05) is 6.07 Å². The third-order valence-corrected chi connectivity index (χ3v) is 3.32. The normalized spacial score (nSPS) is 9.70. The van der Waals surface area contributed by atoms with Crippen LogP contribution in [-0.4, -0.2) is 21.5 Å². The van der Waals surface area contributed by atoms with Crippen molar-refractivity contribution in [1.29, 1.82) is 0 Å². The molecule has 0 aromatic heterocycles. The van der Waals surface area contributed by atoms with Crippen LogP contribution in [0.1, 0.15) is 0 Å². The van der Waals surface area contributed by atoms with Crippen LogP contribution in [0.3, 0.4) is 0 Å². The monoisotopic (exact) mass is 201 g/mol. The zero-order valence-corrected chi connectivity index (χ0v) is 7.50. The molecule has 0 spiro atoms. The van der Waals surface area contributed by atoms with Gasteiger partial charge in [0.15, 0.2) is 0 Å². The zero-order valence-electron chi connectivity index (χ0n) is 5.79. The molecule has 0 aliphatic rings. The minimum atomic E-state index is 0.593. The molecule has 10 heavy (non-hydrogen) atoms. The number of hydrogen-bond acceptors (Lipinski definition) is 1. The molecule has 0 radical (unpaired) electrons. The van der Waals surface area contributed by atoms with Crippen molar-refractivity contribution < 1.29 is 0 Å². The second kappa shape index (κ2) is 4.50. The average molecular weight is 200 g/mol. The Morgan fingerprint density at radius 2 is 1.90 bits per heavy atom. The van der Waals surface area contributed by atoms with Crippen LogP contribution < -0.4 is 10.2 Å². The molecular weight excluding hydrogens is 189 g/mol. The summed E-state index contributed by atoms with van der Waals surface area (Å²) in [6, 6.07) is 10.5. The van der Waals surface area contributed by atoms with Crippen LogP contribution in [-0.2, 0) is 0 Å². The van der Waals surface area contributed by atoms with Gasteiger partial charge in [-0.3, -0.25) is 0 Å². The van der Waals surface area contributed by atoms with E-state index < -0.39 is 0 Å². The van der Waals surface area contributed by atoms with Gasteiger partial charge in [0.2, 0.25) is 0 Å². The van der Waals surface area contributed by atoms with Gasteiger partial charge in [-0.2, -0.15) is 0 Å². The standard InChI is InChI=1S/C8H11NSe/c9-6-7-10-8-4-2-1-3-5-8/h1-5H,6-7,9H2. The van der Waals surface area contributed by atoms with E-state index in [1.54, 1.807) is 0 Å². The van der Waals surface area contributed by atoms with E-state index >= 15 is 0 Å². The van der Waals surface area contributed by atoms with Gasteiger partial charge in [0, 0.05) is 0 Å². The van der Waals surface area contributed by atoms with E-state index in [0.29, 0.717) is 15.0 Å². The van der Waals surface area contributed by atoms with E-state index in [0.717, 1.165) is 11.9 Å². The average Bonchev–Trinajstić information content (AvgIpc) is 2.03. The second-order valence-electron chi connectivity index (χ2n) is 1.95. The molecule has 0 aliphatic carbocycles. The minimum absolute atomic E-state index is 0.593. The van der Waals surface area contributed by atoms with Crippen molar-refractivity contribution in [3.8, 4) is 0 Å². The van der Waals surface area contributed by atoms with Crippen molar-refractivity contribution in [3.05, 3.63) is 30.3 Å². The van der Waals surface area contributed by atoms with Gasteiger partial charge in [0.1, 0.15) is 0 Å². The second-order valence-corrected chi connectivity index (χ2v) is 4.40. The molecule has 0 aliphatic heterocycles. The number of nitrogens with two attached hydrogens (primary N) is 1. The van der Waals surface area contributed by atoms with Gasteiger partial charge in [0.05, 0.1) is 0 Å². The Kier molecular flexibility index (Phi) is 3.52. The molecule has 1 aromatic carbocycles. The number of benzene rings is 1. The summed E-state index contributed by atoms with van der Waals surface area (Å²) in [5, 5.41) is 1.15. The summed E-state index contributed by atoms with van der Waals surface area (Å²) in [5.41, 5.74) is 5.39. The molecule has 0 unspecified atom stereocenters. The molecule has 0 amide bonds. The van der Waals surface area contributed by atoms with Crippen LogP contribution in [0.2, 0.25) is 5.32 Å². The first-order valence-corrected chi connectivity index (χ1v) is 5.38. The Morgan fingerprint density at radius 3 is 2.50 bits per heavy atom. The van der Waals surface area contributed by atoms with Crippen molar-refractivity contribution in [1.82, 2.24) is 0 Å². The van der Waals surface area contributed by atoms with E-state index in [-0.39, 0.29) is 0 Å². The molecule has 2 heteroatoms. The molecule has 0 heterocycles. The van der Waals surface area contributed by atoms with Crippen LogP contribution in [0.5, 0.6) is 0 Å². The molecule has 1 nitrogen and oxygen atoms in total. The molecule has 0 bridgehead atoms. The van der Waals surface area contributed by atoms with E-state index in [4.69, 9.17) is 5.73 Å². The first-order valence-electron chi connectivity index (χ1n) is 3.31. The molecule has 2 N–H and O–H groups in total. The zero-order chi connectivity index (χ0) is 7.23. The van der Waals surface area contributed by atoms with E-state index in [2.05, 4.69) is 24.3 Å². The van der Waals surface area contributed by atoms with Gasteiger partial charge in [-0.1, -0.05) is 0 Å². The number of hydrogen-bond donors (Lipinski definition) is 1. The Morgan fingerprint density at radius 1 is 1.20 bits per heavy atom. The molecule has 1 rings (SSSR count). The molecule has 0 atom stereocenters. The summed E-state index contributed by atoms with van der Waals surface area (Å²) in [5.74, 6) is 0. The van der Waals surface area contributed by atoms with Crippen LogP contribution in [0.25, 0.3) is 0 Å². The number of rotatable bonds is 3. The van der Waals surface area contributed by atoms with Crippen molar-refractivity contribution in [2.45, 2.75) is 5.32 Å². The van der Waals surface area contributed by atoms with Crippen LogP contribution in [0.15, 0.2) is 30.3 Å². The quantitative estimate of drug-likeness (QED) is 0.702. The predicted octanol–water partition coefficient (Wildman–Crippen LogP) is 0.393. The third kappa shape index (κ3) is 2.52. The van der Waals surface area contributed by atoms with Gasteiger partial charge in [-0.25, -0.2) is 0 Å². The van der Waals surface area contributed by atoms with Crippen molar-refractivity contribution >= 4 is 19.4 Å². The fourth-order valence-corrected chi connectivity index (χ4v) is 2.17. The van der Waals surface area contributed by atoms with Crippen LogP contribution in [0.4, 0.5) is 0 Å². The maximum atomic E-state index is 5.39. The van der Waals surface area contributed by atoms with E-state index in [9.17, 15) is 0 Å². The molecule has 0 saturated heterocycles. The van der Waals surface area contributed by atoms with Crippen molar-refractivity contribution in [3.63, 3.8) is 0 Å². The molecule has 0 saturated carbocycles. The summed E-state index contributed by atoms with van der Waals surface area (Å²) < 4.78 is 1.44. The summed E-state index contributed by atoms with van der Waals surface area (Å²) in [7, 11) is 0. The Bertz CT molecular complexity index is 174. The fourth-order valence-electron chi connectivity index (χ4n) is 0.693. The summed E-state index contributed by atoms with van der Waals surface area (Å²) in [6.07, 6.45) is 0. The summed E-state index contributed by atoms with van der Waals surface area (Å²) in [6.45, 7) is 0.814. The topological polar surface area (TPSA) is 26.0 Å². The van der Waals surface area contributed by atoms with Crippen molar-refractivity contribution in [2.24, 2.45) is 5.73 Å². The molecule has 54 valence electrons. The molecule has 0 fully saturated rings. The predicted molar refractivity (Wildman–Crippen MR) is 45.7 cm³/mol. The van der Waals surface area contributed by atoms with Gasteiger partial charge >= 0.3 is 67.3 Å². The Hall–Kier alpha value is -0.301. The van der Waals surface area contributed by atoms with Crippen LogP contribution >= 0.6 is 0 Å². The summed E-state index contributed by atoms with van der Waals surface area (Å²) >= 11 is 0.593. The fraction of sp³-hybridized carbons (Fsp3) is 0.250. The summed E-state index contributed by atoms with van der Waals surface area (Å²) in [4.78, 5) is 0. The van der Waals surface area contributed by atoms with Crippen LogP contribution in [0, 0.1) is 0 Å². The van der Waals surface area contributed by atoms with Gasteiger partial charge < -0.3 is 0 Å². The SMILES string of the molecule is NCC[Se]c1ccccc1. The first-order chi connectivity index (χ1) is 4.93. The van der Waals surface area contributed by atoms with Gasteiger partial charge in [-0.15, -0.1) is 0 Å².